The van der Waals surface area contributed by atoms with Gasteiger partial charge in [0, 0.05) is 40.7 Å². The van der Waals surface area contributed by atoms with Crippen LogP contribution in [0.4, 0.5) is 4.39 Å². The average Bonchev–Trinajstić information content (AvgIpc) is 3.83. The minimum atomic E-state index is -1.19. The number of rotatable bonds is 9. The fourth-order valence-electron chi connectivity index (χ4n) is 5.83. The van der Waals surface area contributed by atoms with Crippen LogP contribution in [0.3, 0.4) is 0 Å². The number of hydrogen-bond acceptors (Lipinski definition) is 6. The van der Waals surface area contributed by atoms with Gasteiger partial charge in [-0.3, -0.25) is 14.6 Å². The van der Waals surface area contributed by atoms with Crippen molar-refractivity contribution in [1.29, 1.82) is 0 Å². The van der Waals surface area contributed by atoms with Crippen LogP contribution in [0.5, 0.6) is 11.5 Å². The summed E-state index contributed by atoms with van der Waals surface area (Å²) in [4.78, 5) is 36.0. The van der Waals surface area contributed by atoms with Crippen LogP contribution < -0.4 is 20.5 Å². The number of aromatic nitrogens is 2. The van der Waals surface area contributed by atoms with Crippen molar-refractivity contribution in [2.45, 2.75) is 37.2 Å². The number of amides is 2. The maximum Gasteiger partial charge on any atom is 0.251 e. The molecule has 244 valence electrons. The van der Waals surface area contributed by atoms with Crippen LogP contribution in [0.25, 0.3) is 22.2 Å². The number of nitrogens with two attached hydrogens (primary N) is 1. The van der Waals surface area contributed by atoms with Crippen molar-refractivity contribution in [3.8, 4) is 22.8 Å². The second kappa shape index (κ2) is 12.5. The van der Waals surface area contributed by atoms with Gasteiger partial charge in [0.2, 0.25) is 5.91 Å². The lowest BCUT2D eigenvalue weighted by molar-refractivity contribution is -0.123. The Bertz CT molecular complexity index is 2110. The van der Waals surface area contributed by atoms with E-state index < -0.39 is 23.1 Å². The first-order valence-electron chi connectivity index (χ1n) is 15.2. The number of nitrogens with one attached hydrogen (secondary N) is 1. The van der Waals surface area contributed by atoms with Gasteiger partial charge < -0.3 is 20.5 Å². The summed E-state index contributed by atoms with van der Waals surface area (Å²) in [5, 5.41) is 3.85. The first-order valence-corrected chi connectivity index (χ1v) is 16.4. The van der Waals surface area contributed by atoms with Gasteiger partial charge in [0.05, 0.1) is 26.9 Å². The molecule has 7 rings (SSSR count). The summed E-state index contributed by atoms with van der Waals surface area (Å²) in [5.41, 5.74) is 8.12. The number of hydrogen-bond donors (Lipinski definition) is 2. The molecule has 2 aliphatic rings. The largest absolute Gasteiger partial charge is 0.489 e. The zero-order chi connectivity index (χ0) is 33.7. The van der Waals surface area contributed by atoms with Gasteiger partial charge in [-0.15, -0.1) is 0 Å². The van der Waals surface area contributed by atoms with E-state index in [9.17, 15) is 14.0 Å². The number of benzene rings is 3. The van der Waals surface area contributed by atoms with Crippen LogP contribution in [-0.2, 0) is 10.2 Å². The van der Waals surface area contributed by atoms with E-state index in [2.05, 4.69) is 10.3 Å². The summed E-state index contributed by atoms with van der Waals surface area (Å²) < 4.78 is 26.5. The topological polar surface area (TPSA) is 116 Å². The molecule has 0 saturated heterocycles. The third-order valence-corrected chi connectivity index (χ3v) is 9.81. The summed E-state index contributed by atoms with van der Waals surface area (Å²) in [6.45, 7) is 1.78. The molecule has 0 spiro atoms. The Balaban J connectivity index is 1.31. The van der Waals surface area contributed by atoms with Gasteiger partial charge in [-0.2, -0.15) is 0 Å². The molecule has 2 atom stereocenters. The molecular formula is C36H28Cl3FN4O4. The Morgan fingerprint density at radius 2 is 1.85 bits per heavy atom. The van der Waals surface area contributed by atoms with Crippen molar-refractivity contribution in [2.75, 3.05) is 13.2 Å². The highest BCUT2D eigenvalue weighted by Gasteiger charge is 2.44. The number of fused-ring (bicyclic) bond motifs is 2. The van der Waals surface area contributed by atoms with Crippen molar-refractivity contribution in [3.05, 3.63) is 116 Å². The van der Waals surface area contributed by atoms with Gasteiger partial charge in [-0.1, -0.05) is 65.1 Å². The summed E-state index contributed by atoms with van der Waals surface area (Å²) >= 11 is 19.0. The fourth-order valence-corrected chi connectivity index (χ4v) is 6.40. The van der Waals surface area contributed by atoms with Crippen LogP contribution in [0, 0.1) is 5.82 Å². The number of primary amides is 1. The fraction of sp³-hybridized carbons (Fsp3) is 0.222. The maximum absolute atomic E-state index is 14.3. The van der Waals surface area contributed by atoms with Crippen LogP contribution in [0.1, 0.15) is 52.9 Å². The second-order valence-corrected chi connectivity index (χ2v) is 13.4. The van der Waals surface area contributed by atoms with Crippen molar-refractivity contribution in [2.24, 2.45) is 5.73 Å². The van der Waals surface area contributed by atoms with E-state index >= 15 is 0 Å². The minimum absolute atomic E-state index is 0.0266. The molecule has 48 heavy (non-hydrogen) atoms. The smallest absolute Gasteiger partial charge is 0.251 e. The SMILES string of the molecule is C[C@]1(C(N)=O)COc2c1cc([C@@H](CNC(=O)c1cc(OC3CC3)c3ncc(Cl)cc3c1)c1ccccc1)nc2-c1ccc(F)c(Cl)c1Cl. The highest BCUT2D eigenvalue weighted by Crippen LogP contribution is 2.48. The molecule has 2 amide bonds. The van der Waals surface area contributed by atoms with E-state index in [-0.39, 0.29) is 40.9 Å². The van der Waals surface area contributed by atoms with Crippen molar-refractivity contribution >= 4 is 57.5 Å². The summed E-state index contributed by atoms with van der Waals surface area (Å²) in [5.74, 6) is -1.33. The monoisotopic (exact) mass is 704 g/mol. The first kappa shape index (κ1) is 32.1. The van der Waals surface area contributed by atoms with E-state index in [0.29, 0.717) is 49.8 Å². The van der Waals surface area contributed by atoms with Gasteiger partial charge in [0.1, 0.15) is 40.5 Å². The van der Waals surface area contributed by atoms with E-state index in [0.717, 1.165) is 18.4 Å². The second-order valence-electron chi connectivity index (χ2n) is 12.2. The van der Waals surface area contributed by atoms with Gasteiger partial charge in [-0.05, 0) is 61.7 Å². The average molecular weight is 706 g/mol. The van der Waals surface area contributed by atoms with Crippen molar-refractivity contribution < 1.29 is 23.5 Å². The molecule has 0 unspecified atom stereocenters. The Labute approximate surface area is 290 Å². The number of carbonyl (C=O) groups excluding carboxylic acids is 2. The van der Waals surface area contributed by atoms with E-state index in [1.807, 2.05) is 30.3 Å². The molecule has 3 aromatic carbocycles. The van der Waals surface area contributed by atoms with Crippen LogP contribution in [0.15, 0.2) is 72.9 Å². The molecule has 12 heteroatoms. The highest BCUT2D eigenvalue weighted by atomic mass is 35.5. The summed E-state index contributed by atoms with van der Waals surface area (Å²) in [7, 11) is 0. The zero-order valence-corrected chi connectivity index (χ0v) is 27.8. The highest BCUT2D eigenvalue weighted by molar-refractivity contribution is 6.43. The van der Waals surface area contributed by atoms with Crippen LogP contribution in [-0.4, -0.2) is 41.0 Å². The van der Waals surface area contributed by atoms with E-state index in [4.69, 9.17) is 55.0 Å². The summed E-state index contributed by atoms with van der Waals surface area (Å²) in [6.07, 6.45) is 3.52. The molecule has 5 aromatic rings. The van der Waals surface area contributed by atoms with Crippen molar-refractivity contribution in [3.63, 3.8) is 0 Å². The normalized spacial score (nSPS) is 17.4. The molecule has 3 N–H and O–H groups in total. The quantitative estimate of drug-likeness (QED) is 0.152. The minimum Gasteiger partial charge on any atom is -0.489 e. The standard InChI is InChI=1S/C36H28Cl3FN4O4/c1-36(35(41)46)17-47-33-25(36)14-27(44-32(33)23-9-10-26(40)30(39)29(23)38)24(18-5-3-2-4-6-18)16-43-34(45)20-11-19-12-21(37)15-42-31(19)28(13-20)48-22-7-8-22/h2-6,9-15,22,24H,7-8,16-17H2,1H3,(H2,41,46)(H,43,45)/t24-,36-/m0/s1. The molecule has 1 saturated carbocycles. The molecule has 1 aliphatic carbocycles. The van der Waals surface area contributed by atoms with Gasteiger partial charge in [-0.25, -0.2) is 9.37 Å². The third-order valence-electron chi connectivity index (χ3n) is 8.75. The van der Waals surface area contributed by atoms with E-state index in [1.54, 1.807) is 37.4 Å². The Morgan fingerprint density at radius 1 is 1.08 bits per heavy atom. The first-order chi connectivity index (χ1) is 23.0. The number of ether oxygens (including phenoxy) is 2. The lowest BCUT2D eigenvalue weighted by Crippen LogP contribution is -2.40. The lowest BCUT2D eigenvalue weighted by atomic mass is 9.81. The molecule has 3 heterocycles. The predicted octanol–water partition coefficient (Wildman–Crippen LogP) is 7.63. The van der Waals surface area contributed by atoms with Crippen molar-refractivity contribution in [1.82, 2.24) is 15.3 Å². The Kier molecular flexibility index (Phi) is 8.39. The number of carbonyl (C=O) groups is 2. The lowest BCUT2D eigenvalue weighted by Gasteiger charge is -2.23. The molecule has 2 aromatic heterocycles. The van der Waals surface area contributed by atoms with Gasteiger partial charge in [0.25, 0.3) is 5.91 Å². The predicted molar refractivity (Wildman–Crippen MR) is 183 cm³/mol. The molecule has 1 fully saturated rings. The Morgan fingerprint density at radius 3 is 2.58 bits per heavy atom. The molecule has 1 aliphatic heterocycles. The number of pyridine rings is 2. The third kappa shape index (κ3) is 5.91. The zero-order valence-electron chi connectivity index (χ0n) is 25.5. The van der Waals surface area contributed by atoms with Crippen LogP contribution in [0.2, 0.25) is 15.1 Å². The number of halogens is 4. The molecule has 0 bridgehead atoms. The van der Waals surface area contributed by atoms with Gasteiger partial charge in [0.15, 0.2) is 0 Å². The number of nitrogens with zero attached hydrogens (tertiary/aromatic N) is 2. The summed E-state index contributed by atoms with van der Waals surface area (Å²) in [6, 6.07) is 19.1. The van der Waals surface area contributed by atoms with E-state index in [1.165, 1.54) is 12.1 Å². The molecular weight excluding hydrogens is 678 g/mol. The van der Waals surface area contributed by atoms with Crippen LogP contribution >= 0.6 is 34.8 Å². The molecule has 0 radical (unpaired) electrons. The van der Waals surface area contributed by atoms with Gasteiger partial charge >= 0.3 is 0 Å². The Hall–Kier alpha value is -4.44. The maximum atomic E-state index is 14.3. The molecule has 8 nitrogen and oxygen atoms in total.